The maximum absolute atomic E-state index is 4.81. The monoisotopic (exact) mass is 176 g/mol. The van der Waals surface area contributed by atoms with Crippen molar-refractivity contribution in [1.82, 2.24) is 0 Å². The van der Waals surface area contributed by atoms with E-state index in [4.69, 9.17) is 4.84 Å². The first-order valence-electron chi connectivity index (χ1n) is 4.53. The topological polar surface area (TPSA) is 21.6 Å². The summed E-state index contributed by atoms with van der Waals surface area (Å²) < 4.78 is 0. The summed E-state index contributed by atoms with van der Waals surface area (Å²) >= 11 is 0. The minimum Gasteiger partial charge on any atom is -0.396 e. The van der Waals surface area contributed by atoms with Crippen LogP contribution in [0.4, 0.5) is 0 Å². The van der Waals surface area contributed by atoms with Crippen molar-refractivity contribution in [2.24, 2.45) is 5.16 Å². The second kappa shape index (κ2) is 5.36. The van der Waals surface area contributed by atoms with Gasteiger partial charge in [0.2, 0.25) is 0 Å². The number of hydrogen-bond donors (Lipinski definition) is 0. The van der Waals surface area contributed by atoms with Gasteiger partial charge in [-0.25, -0.2) is 0 Å². The third-order valence-electron chi connectivity index (χ3n) is 1.73. The molecule has 0 spiro atoms. The van der Waals surface area contributed by atoms with Gasteiger partial charge in [0.15, 0.2) is 0 Å². The number of benzene rings is 1. The standard InChI is InChI=1S/C11H14NO/c1-3-10-5-7-11(8-6-10)9-12-13-4-2/h5-8H,3-4H2,1-2H3. The average molecular weight is 176 g/mol. The van der Waals surface area contributed by atoms with Crippen molar-refractivity contribution in [2.45, 2.75) is 20.3 Å². The van der Waals surface area contributed by atoms with Gasteiger partial charge in [0, 0.05) is 5.56 Å². The van der Waals surface area contributed by atoms with Crippen molar-refractivity contribution in [1.29, 1.82) is 0 Å². The highest BCUT2D eigenvalue weighted by atomic mass is 16.6. The third-order valence-corrected chi connectivity index (χ3v) is 1.73. The van der Waals surface area contributed by atoms with E-state index in [2.05, 4.69) is 30.4 Å². The first-order chi connectivity index (χ1) is 6.36. The molecule has 0 aliphatic heterocycles. The van der Waals surface area contributed by atoms with Crippen LogP contribution < -0.4 is 0 Å². The molecule has 0 saturated heterocycles. The fraction of sp³-hybridized carbons (Fsp3) is 0.364. The van der Waals surface area contributed by atoms with Crippen LogP contribution in [0.15, 0.2) is 29.4 Å². The van der Waals surface area contributed by atoms with Gasteiger partial charge in [0.05, 0.1) is 0 Å². The summed E-state index contributed by atoms with van der Waals surface area (Å²) in [5.41, 5.74) is 2.27. The van der Waals surface area contributed by atoms with Crippen LogP contribution in [0, 0.1) is 0 Å². The fourth-order valence-electron chi connectivity index (χ4n) is 0.965. The molecule has 0 bridgehead atoms. The zero-order chi connectivity index (χ0) is 9.52. The molecule has 0 fully saturated rings. The molecule has 2 nitrogen and oxygen atoms in total. The fourth-order valence-corrected chi connectivity index (χ4v) is 0.965. The molecule has 0 N–H and O–H groups in total. The van der Waals surface area contributed by atoms with Crippen LogP contribution in [0.5, 0.6) is 0 Å². The Morgan fingerprint density at radius 3 is 2.46 bits per heavy atom. The van der Waals surface area contributed by atoms with E-state index in [1.54, 1.807) is 0 Å². The lowest BCUT2D eigenvalue weighted by Crippen LogP contribution is -1.85. The van der Waals surface area contributed by atoms with Crippen molar-refractivity contribution >= 4 is 6.21 Å². The van der Waals surface area contributed by atoms with Crippen LogP contribution in [0.3, 0.4) is 0 Å². The van der Waals surface area contributed by atoms with E-state index in [1.165, 1.54) is 5.56 Å². The molecule has 0 atom stereocenters. The van der Waals surface area contributed by atoms with Crippen LogP contribution >= 0.6 is 0 Å². The molecule has 0 heterocycles. The Bertz CT molecular complexity index is 264. The summed E-state index contributed by atoms with van der Waals surface area (Å²) in [5.74, 6) is 0. The van der Waals surface area contributed by atoms with Crippen molar-refractivity contribution in [3.63, 3.8) is 0 Å². The maximum Gasteiger partial charge on any atom is 0.139 e. The van der Waals surface area contributed by atoms with E-state index in [0.29, 0.717) is 6.61 Å². The third kappa shape index (κ3) is 3.28. The molecule has 0 aliphatic carbocycles. The smallest absolute Gasteiger partial charge is 0.139 e. The molecule has 0 saturated carbocycles. The number of rotatable bonds is 4. The molecule has 13 heavy (non-hydrogen) atoms. The average Bonchev–Trinajstić information content (AvgIpc) is 2.19. The van der Waals surface area contributed by atoms with Gasteiger partial charge in [0.1, 0.15) is 12.8 Å². The largest absolute Gasteiger partial charge is 0.396 e. The summed E-state index contributed by atoms with van der Waals surface area (Å²) in [6.07, 6.45) is 3.86. The van der Waals surface area contributed by atoms with E-state index >= 15 is 0 Å². The van der Waals surface area contributed by atoms with Gasteiger partial charge >= 0.3 is 0 Å². The summed E-state index contributed by atoms with van der Waals surface area (Å²) in [4.78, 5) is 4.81. The Morgan fingerprint density at radius 2 is 1.92 bits per heavy atom. The highest BCUT2D eigenvalue weighted by Gasteiger charge is 1.90. The molecule has 2 heteroatoms. The Labute approximate surface area is 79.2 Å². The zero-order valence-electron chi connectivity index (χ0n) is 8.08. The predicted octanol–water partition coefficient (Wildman–Crippen LogP) is 2.50. The molecule has 1 aromatic rings. The molecule has 1 radical (unpaired) electrons. The van der Waals surface area contributed by atoms with Crippen molar-refractivity contribution in [3.05, 3.63) is 35.4 Å². The van der Waals surface area contributed by atoms with Gasteiger partial charge in [-0.15, -0.1) is 0 Å². The van der Waals surface area contributed by atoms with E-state index in [1.807, 2.05) is 19.1 Å². The Hall–Kier alpha value is -1.31. The molecule has 1 aromatic carbocycles. The van der Waals surface area contributed by atoms with E-state index < -0.39 is 0 Å². The van der Waals surface area contributed by atoms with Crippen LogP contribution in [0.1, 0.15) is 25.0 Å². The lowest BCUT2D eigenvalue weighted by molar-refractivity contribution is 0.160. The molecule has 1 rings (SSSR count). The molecule has 69 valence electrons. The second-order valence-electron chi connectivity index (χ2n) is 2.67. The van der Waals surface area contributed by atoms with Crippen molar-refractivity contribution in [3.8, 4) is 0 Å². The molecular formula is C11H14NO. The minimum absolute atomic E-state index is 0.583. The second-order valence-corrected chi connectivity index (χ2v) is 2.67. The minimum atomic E-state index is 0.583. The van der Waals surface area contributed by atoms with Gasteiger partial charge in [0.25, 0.3) is 0 Å². The lowest BCUT2D eigenvalue weighted by Gasteiger charge is -1.95. The van der Waals surface area contributed by atoms with Crippen molar-refractivity contribution in [2.75, 3.05) is 6.61 Å². The Morgan fingerprint density at radius 1 is 1.23 bits per heavy atom. The number of aryl methyl sites for hydroxylation is 1. The lowest BCUT2D eigenvalue weighted by atomic mass is 10.1. The van der Waals surface area contributed by atoms with Gasteiger partial charge < -0.3 is 4.84 Å². The number of nitrogens with zero attached hydrogens (tertiary/aromatic N) is 1. The zero-order valence-corrected chi connectivity index (χ0v) is 8.08. The normalized spacial score (nSPS) is 10.6. The first-order valence-corrected chi connectivity index (χ1v) is 4.53. The van der Waals surface area contributed by atoms with Crippen molar-refractivity contribution < 1.29 is 4.84 Å². The van der Waals surface area contributed by atoms with E-state index in [9.17, 15) is 0 Å². The maximum atomic E-state index is 4.81. The Balaban J connectivity index is 2.58. The molecule has 0 aromatic heterocycles. The van der Waals surface area contributed by atoms with Gasteiger partial charge in [-0.2, -0.15) is 0 Å². The SMILES string of the molecule is CCO/N=[C]/c1ccc(CC)cc1. The van der Waals surface area contributed by atoms with E-state index in [-0.39, 0.29) is 0 Å². The van der Waals surface area contributed by atoms with E-state index in [0.717, 1.165) is 12.0 Å². The quantitative estimate of drug-likeness (QED) is 0.510. The summed E-state index contributed by atoms with van der Waals surface area (Å²) in [6.45, 7) is 4.61. The molecule has 0 unspecified atom stereocenters. The van der Waals surface area contributed by atoms with Crippen LogP contribution in [0.25, 0.3) is 0 Å². The van der Waals surface area contributed by atoms with Gasteiger partial charge in [-0.3, -0.25) is 0 Å². The number of hydrogen-bond acceptors (Lipinski definition) is 2. The van der Waals surface area contributed by atoms with Crippen LogP contribution in [-0.2, 0) is 11.3 Å². The van der Waals surface area contributed by atoms with Crippen LogP contribution in [-0.4, -0.2) is 12.8 Å². The van der Waals surface area contributed by atoms with Crippen LogP contribution in [0.2, 0.25) is 0 Å². The molecular weight excluding hydrogens is 162 g/mol. The first kappa shape index (κ1) is 9.78. The summed E-state index contributed by atoms with van der Waals surface area (Å²) in [6, 6.07) is 8.12. The Kier molecular flexibility index (Phi) is 4.03. The highest BCUT2D eigenvalue weighted by molar-refractivity contribution is 5.79. The summed E-state index contributed by atoms with van der Waals surface area (Å²) in [5, 5.41) is 3.67. The van der Waals surface area contributed by atoms with Gasteiger partial charge in [-0.05, 0) is 18.9 Å². The summed E-state index contributed by atoms with van der Waals surface area (Å²) in [7, 11) is 0. The molecule has 0 aliphatic rings. The van der Waals surface area contributed by atoms with Gasteiger partial charge in [-0.1, -0.05) is 36.3 Å². The highest BCUT2D eigenvalue weighted by Crippen LogP contribution is 2.02. The molecule has 0 amide bonds. The predicted molar refractivity (Wildman–Crippen MR) is 54.0 cm³/mol.